The van der Waals surface area contributed by atoms with Gasteiger partial charge < -0.3 is 14.9 Å². The zero-order valence-corrected chi connectivity index (χ0v) is 31.1. The smallest absolute Gasteiger partial charge is 0.318 e. The molecule has 0 radical (unpaired) electrons. The monoisotopic (exact) mass is 834 g/mol. The number of fused-ring (bicyclic) bond motifs is 2. The van der Waals surface area contributed by atoms with Crippen LogP contribution in [0, 0.1) is 25.5 Å². The molecule has 0 saturated carbocycles. The molecule has 0 aliphatic rings. The van der Waals surface area contributed by atoms with Crippen molar-refractivity contribution >= 4 is 77.4 Å². The maximum Gasteiger partial charge on any atom is 0.318 e. The van der Waals surface area contributed by atoms with Crippen molar-refractivity contribution in [3.05, 3.63) is 127 Å². The van der Waals surface area contributed by atoms with Gasteiger partial charge in [-0.1, -0.05) is 45.2 Å². The van der Waals surface area contributed by atoms with Gasteiger partial charge in [0.15, 0.2) is 23.1 Å². The van der Waals surface area contributed by atoms with Gasteiger partial charge in [-0.3, -0.25) is 28.3 Å². The highest BCUT2D eigenvalue weighted by molar-refractivity contribution is 9.10. The number of phenols is 1. The molecule has 6 rings (SSSR count). The van der Waals surface area contributed by atoms with Crippen LogP contribution in [-0.2, 0) is 16.0 Å². The van der Waals surface area contributed by atoms with E-state index in [9.17, 15) is 33.8 Å². The third-order valence-electron chi connectivity index (χ3n) is 9.05. The topological polar surface area (TPSA) is 128 Å². The predicted molar refractivity (Wildman–Crippen MR) is 197 cm³/mol. The SMILES string of the molecule is CCCC(C(=O)Oc1cc2c(CC(=O)O)c(C)n(C(=O)c3ccc(Br)cc3)c2cc1F)c1c(C)n(C(=O)c2ccc(Br)cc2)c2cc(F)c(O)cc12. The molecule has 2 N–H and O–H groups in total. The molecule has 2 heterocycles. The highest BCUT2D eigenvalue weighted by Gasteiger charge is 2.32. The summed E-state index contributed by atoms with van der Waals surface area (Å²) in [6, 6.07) is 17.4. The summed E-state index contributed by atoms with van der Waals surface area (Å²) in [7, 11) is 0. The molecule has 9 nitrogen and oxygen atoms in total. The summed E-state index contributed by atoms with van der Waals surface area (Å²) in [6.45, 7) is 4.97. The molecule has 0 bridgehead atoms. The fourth-order valence-electron chi connectivity index (χ4n) is 6.64. The van der Waals surface area contributed by atoms with Gasteiger partial charge in [-0.25, -0.2) is 8.78 Å². The van der Waals surface area contributed by atoms with E-state index in [1.165, 1.54) is 15.2 Å². The summed E-state index contributed by atoms with van der Waals surface area (Å²) in [5.41, 5.74) is 1.87. The molecule has 266 valence electrons. The normalized spacial score (nSPS) is 12.0. The fraction of sp³-hybridized carbons (Fsp3) is 0.179. The van der Waals surface area contributed by atoms with Crippen molar-refractivity contribution in [2.24, 2.45) is 0 Å². The molecule has 1 atom stereocenters. The molecule has 0 fully saturated rings. The number of halogens is 4. The van der Waals surface area contributed by atoms with Crippen LogP contribution in [0.4, 0.5) is 8.78 Å². The second-order valence-corrected chi connectivity index (χ2v) is 14.1. The zero-order valence-electron chi connectivity index (χ0n) is 28.0. The fourth-order valence-corrected chi connectivity index (χ4v) is 7.16. The molecular weight excluding hydrogens is 806 g/mol. The first-order chi connectivity index (χ1) is 24.7. The Morgan fingerprint density at radius 1 is 0.769 bits per heavy atom. The number of hydrogen-bond donors (Lipinski definition) is 2. The first kappa shape index (κ1) is 36.6. The summed E-state index contributed by atoms with van der Waals surface area (Å²) >= 11 is 6.67. The molecule has 0 saturated heterocycles. The molecule has 2 aromatic heterocycles. The van der Waals surface area contributed by atoms with E-state index < -0.39 is 59.2 Å². The van der Waals surface area contributed by atoms with E-state index >= 15 is 4.39 Å². The van der Waals surface area contributed by atoms with E-state index in [1.54, 1.807) is 62.4 Å². The van der Waals surface area contributed by atoms with Gasteiger partial charge in [-0.05, 0) is 92.1 Å². The molecular formula is C39H30Br2F2N2O7. The number of ether oxygens (including phenoxy) is 1. The minimum atomic E-state index is -1.19. The van der Waals surface area contributed by atoms with Crippen LogP contribution < -0.4 is 4.74 Å². The number of carbonyl (C=O) groups excluding carboxylic acids is 3. The maximum absolute atomic E-state index is 15.9. The average Bonchev–Trinajstić information content (AvgIpc) is 3.51. The van der Waals surface area contributed by atoms with Crippen LogP contribution >= 0.6 is 31.9 Å². The van der Waals surface area contributed by atoms with Gasteiger partial charge in [0, 0.05) is 54.4 Å². The lowest BCUT2D eigenvalue weighted by Gasteiger charge is -2.17. The number of carbonyl (C=O) groups is 4. The standard InChI is InChI=1S/C39H30Br2F2N2O7/c1-4-5-25(36-20(3)45(32-17-29(42)33(46)14-28(32)36)38(50)22-8-12-24(41)13-9-22)39(51)52-34-15-27-26(16-35(47)48)19(2)44(31(27)18-30(34)43)37(49)21-6-10-23(40)11-7-21/h6-15,17-18,25,46H,4-5,16H2,1-3H3,(H,47,48). The molecule has 0 amide bonds. The predicted octanol–water partition coefficient (Wildman–Crippen LogP) is 9.22. The lowest BCUT2D eigenvalue weighted by atomic mass is 9.92. The van der Waals surface area contributed by atoms with Gasteiger partial charge in [-0.2, -0.15) is 0 Å². The van der Waals surface area contributed by atoms with E-state index in [-0.39, 0.29) is 56.2 Å². The third kappa shape index (κ3) is 6.66. The van der Waals surface area contributed by atoms with Crippen molar-refractivity contribution in [3.8, 4) is 11.5 Å². The number of aromatic nitrogens is 2. The number of nitrogens with zero attached hydrogens (tertiary/aromatic N) is 2. The Bertz CT molecular complexity index is 2430. The van der Waals surface area contributed by atoms with Crippen molar-refractivity contribution in [1.82, 2.24) is 9.13 Å². The Kier molecular flexibility index (Phi) is 10.2. The van der Waals surface area contributed by atoms with Gasteiger partial charge >= 0.3 is 11.9 Å². The number of hydrogen-bond acceptors (Lipinski definition) is 6. The molecule has 0 aliphatic carbocycles. The number of rotatable bonds is 9. The van der Waals surface area contributed by atoms with Crippen molar-refractivity contribution < 1.29 is 42.9 Å². The highest BCUT2D eigenvalue weighted by Crippen LogP contribution is 2.40. The van der Waals surface area contributed by atoms with Gasteiger partial charge in [0.25, 0.3) is 11.8 Å². The van der Waals surface area contributed by atoms with Gasteiger partial charge in [0.1, 0.15) is 0 Å². The van der Waals surface area contributed by atoms with Crippen LogP contribution in [0.1, 0.15) is 68.9 Å². The second kappa shape index (κ2) is 14.5. The molecule has 13 heteroatoms. The molecule has 0 spiro atoms. The van der Waals surface area contributed by atoms with E-state index in [2.05, 4.69) is 31.9 Å². The molecule has 1 unspecified atom stereocenters. The molecule has 6 aromatic rings. The Morgan fingerprint density at radius 2 is 1.29 bits per heavy atom. The van der Waals surface area contributed by atoms with E-state index in [0.717, 1.165) is 27.1 Å². The molecule has 0 aliphatic heterocycles. The van der Waals surface area contributed by atoms with Crippen LogP contribution in [0.15, 0.2) is 81.7 Å². The first-order valence-electron chi connectivity index (χ1n) is 16.1. The van der Waals surface area contributed by atoms with Crippen LogP contribution in [0.5, 0.6) is 11.5 Å². The Balaban J connectivity index is 1.46. The summed E-state index contributed by atoms with van der Waals surface area (Å²) in [5.74, 6) is -7.34. The van der Waals surface area contributed by atoms with Gasteiger partial charge in [0.2, 0.25) is 0 Å². The van der Waals surface area contributed by atoms with Crippen LogP contribution in [0.25, 0.3) is 21.8 Å². The first-order valence-corrected chi connectivity index (χ1v) is 17.7. The number of aliphatic carboxylic acids is 1. The van der Waals surface area contributed by atoms with E-state index in [1.807, 2.05) is 6.92 Å². The quantitative estimate of drug-likeness (QED) is 0.110. The summed E-state index contributed by atoms with van der Waals surface area (Å²) in [6.07, 6.45) is 0.129. The summed E-state index contributed by atoms with van der Waals surface area (Å²) in [4.78, 5) is 53.5. The number of aromatic hydroxyl groups is 1. The third-order valence-corrected chi connectivity index (χ3v) is 10.1. The lowest BCUT2D eigenvalue weighted by Crippen LogP contribution is -2.21. The van der Waals surface area contributed by atoms with E-state index in [0.29, 0.717) is 12.1 Å². The van der Waals surface area contributed by atoms with Crippen molar-refractivity contribution in [1.29, 1.82) is 0 Å². The minimum absolute atomic E-state index is 0.0898. The Morgan fingerprint density at radius 3 is 1.83 bits per heavy atom. The van der Waals surface area contributed by atoms with E-state index in [4.69, 9.17) is 4.74 Å². The van der Waals surface area contributed by atoms with Gasteiger partial charge in [0.05, 0.1) is 23.4 Å². The molecule has 52 heavy (non-hydrogen) atoms. The number of benzene rings is 4. The minimum Gasteiger partial charge on any atom is -0.505 e. The zero-order chi connectivity index (χ0) is 37.6. The molecule has 4 aromatic carbocycles. The van der Waals surface area contributed by atoms with Crippen LogP contribution in [0.3, 0.4) is 0 Å². The van der Waals surface area contributed by atoms with Crippen LogP contribution in [0.2, 0.25) is 0 Å². The van der Waals surface area contributed by atoms with Crippen molar-refractivity contribution in [2.45, 2.75) is 46.0 Å². The summed E-state index contributed by atoms with van der Waals surface area (Å²) in [5, 5.41) is 20.5. The second-order valence-electron chi connectivity index (χ2n) is 12.3. The van der Waals surface area contributed by atoms with Gasteiger partial charge in [-0.15, -0.1) is 0 Å². The van der Waals surface area contributed by atoms with Crippen LogP contribution in [-0.4, -0.2) is 43.1 Å². The Labute approximate surface area is 312 Å². The van der Waals surface area contributed by atoms with Crippen molar-refractivity contribution in [2.75, 3.05) is 0 Å². The lowest BCUT2D eigenvalue weighted by molar-refractivity contribution is -0.137. The largest absolute Gasteiger partial charge is 0.505 e. The van der Waals surface area contributed by atoms with Crippen molar-refractivity contribution in [3.63, 3.8) is 0 Å². The Hall–Kier alpha value is -5.14. The highest BCUT2D eigenvalue weighted by atomic mass is 79.9. The number of esters is 1. The number of phenolic OH excluding ortho intramolecular Hbond substituents is 1. The average molecular weight is 836 g/mol. The maximum atomic E-state index is 15.9. The number of carboxylic acids is 1. The summed E-state index contributed by atoms with van der Waals surface area (Å²) < 4.78 is 40.4. The number of carboxylic acid groups (broad SMARTS) is 1.